The Labute approximate surface area is 121 Å². The van der Waals surface area contributed by atoms with Crippen LogP contribution >= 0.6 is 0 Å². The van der Waals surface area contributed by atoms with Crippen molar-refractivity contribution in [2.45, 2.75) is 33.1 Å². The quantitative estimate of drug-likeness (QED) is 0.781. The number of nitrogens with one attached hydrogen (secondary N) is 2. The lowest BCUT2D eigenvalue weighted by atomic mass is 9.92. The van der Waals surface area contributed by atoms with Gasteiger partial charge in [0, 0.05) is 25.8 Å². The molecule has 1 aliphatic heterocycles. The second-order valence-corrected chi connectivity index (χ2v) is 6.14. The van der Waals surface area contributed by atoms with E-state index in [1.807, 2.05) is 0 Å². The number of amides is 1. The van der Waals surface area contributed by atoms with E-state index in [2.05, 4.69) is 34.3 Å². The van der Waals surface area contributed by atoms with Gasteiger partial charge < -0.3 is 10.2 Å². The number of carbonyl (C=O) groups is 1. The van der Waals surface area contributed by atoms with Crippen molar-refractivity contribution < 1.29 is 4.79 Å². The maximum Gasteiger partial charge on any atom is 0.269 e. The van der Waals surface area contributed by atoms with E-state index in [0.717, 1.165) is 37.8 Å². The highest BCUT2D eigenvalue weighted by Crippen LogP contribution is 2.20. The maximum atomic E-state index is 11.7. The average molecular weight is 278 g/mol. The molecule has 2 N–H and O–H groups in total. The molecule has 0 spiro atoms. The molecule has 1 fully saturated rings. The standard InChI is InChI=1S/C15H26N4O/c1-12-9-13(2)11-19(10-12)8-4-3-6-16-15(20)14-5-7-17-18-14/h5,7,12-13H,3-4,6,8-11H2,1-2H3,(H,16,20)(H,17,18)/t12-,13+. The van der Waals surface area contributed by atoms with Crippen LogP contribution in [0, 0.1) is 11.8 Å². The van der Waals surface area contributed by atoms with Crippen molar-refractivity contribution in [3.05, 3.63) is 18.0 Å². The fourth-order valence-corrected chi connectivity index (χ4v) is 3.11. The zero-order valence-corrected chi connectivity index (χ0v) is 12.6. The van der Waals surface area contributed by atoms with Gasteiger partial charge in [-0.2, -0.15) is 5.10 Å². The number of piperidine rings is 1. The highest BCUT2D eigenvalue weighted by molar-refractivity contribution is 5.91. The third kappa shape index (κ3) is 4.63. The number of H-pyrrole nitrogens is 1. The van der Waals surface area contributed by atoms with Gasteiger partial charge in [0.15, 0.2) is 0 Å². The molecule has 2 atom stereocenters. The molecule has 0 saturated carbocycles. The molecule has 0 aliphatic carbocycles. The molecule has 5 nitrogen and oxygen atoms in total. The molecule has 1 aromatic rings. The van der Waals surface area contributed by atoms with Crippen LogP contribution in [0.3, 0.4) is 0 Å². The van der Waals surface area contributed by atoms with E-state index in [4.69, 9.17) is 0 Å². The van der Waals surface area contributed by atoms with Gasteiger partial charge in [0.25, 0.3) is 5.91 Å². The highest BCUT2D eigenvalue weighted by Gasteiger charge is 2.20. The summed E-state index contributed by atoms with van der Waals surface area (Å²) in [6, 6.07) is 1.69. The average Bonchev–Trinajstić information content (AvgIpc) is 2.90. The van der Waals surface area contributed by atoms with Gasteiger partial charge in [-0.25, -0.2) is 0 Å². The Hall–Kier alpha value is -1.36. The summed E-state index contributed by atoms with van der Waals surface area (Å²) in [4.78, 5) is 14.2. The largest absolute Gasteiger partial charge is 0.351 e. The summed E-state index contributed by atoms with van der Waals surface area (Å²) in [7, 11) is 0. The van der Waals surface area contributed by atoms with Gasteiger partial charge in [-0.15, -0.1) is 0 Å². The number of hydrogen-bond donors (Lipinski definition) is 2. The minimum atomic E-state index is -0.0669. The van der Waals surface area contributed by atoms with Gasteiger partial charge in [-0.05, 0) is 43.7 Å². The third-order valence-electron chi connectivity index (χ3n) is 3.88. The molecule has 112 valence electrons. The van der Waals surface area contributed by atoms with Crippen LogP contribution < -0.4 is 5.32 Å². The van der Waals surface area contributed by atoms with E-state index < -0.39 is 0 Å². The fraction of sp³-hybridized carbons (Fsp3) is 0.733. The third-order valence-corrected chi connectivity index (χ3v) is 3.88. The predicted molar refractivity (Wildman–Crippen MR) is 79.5 cm³/mol. The molecule has 1 saturated heterocycles. The number of aromatic nitrogens is 2. The topological polar surface area (TPSA) is 61.0 Å². The summed E-state index contributed by atoms with van der Waals surface area (Å²) in [6.45, 7) is 9.02. The van der Waals surface area contributed by atoms with Crippen molar-refractivity contribution in [3.8, 4) is 0 Å². The molecular formula is C15H26N4O. The number of nitrogens with zero attached hydrogens (tertiary/aromatic N) is 2. The second kappa shape index (κ2) is 7.43. The molecular weight excluding hydrogens is 252 g/mol. The zero-order chi connectivity index (χ0) is 14.4. The van der Waals surface area contributed by atoms with Gasteiger partial charge in [-0.1, -0.05) is 13.8 Å². The van der Waals surface area contributed by atoms with E-state index in [1.165, 1.54) is 19.5 Å². The molecule has 1 aromatic heterocycles. The molecule has 2 rings (SSSR count). The van der Waals surface area contributed by atoms with E-state index >= 15 is 0 Å². The Morgan fingerprint density at radius 2 is 2.15 bits per heavy atom. The van der Waals surface area contributed by atoms with Gasteiger partial charge in [0.1, 0.15) is 5.69 Å². The Morgan fingerprint density at radius 1 is 1.40 bits per heavy atom. The Kier molecular flexibility index (Phi) is 5.59. The number of rotatable bonds is 6. The minimum Gasteiger partial charge on any atom is -0.351 e. The minimum absolute atomic E-state index is 0.0669. The van der Waals surface area contributed by atoms with Crippen molar-refractivity contribution in [2.75, 3.05) is 26.2 Å². The lowest BCUT2D eigenvalue weighted by Gasteiger charge is -2.34. The van der Waals surface area contributed by atoms with E-state index in [1.54, 1.807) is 12.3 Å². The van der Waals surface area contributed by atoms with Crippen LogP contribution in [0.2, 0.25) is 0 Å². The molecule has 0 radical (unpaired) electrons. The predicted octanol–water partition coefficient (Wildman–Crippen LogP) is 1.90. The van der Waals surface area contributed by atoms with Crippen LogP contribution in [0.4, 0.5) is 0 Å². The summed E-state index contributed by atoms with van der Waals surface area (Å²) in [5, 5.41) is 9.35. The summed E-state index contributed by atoms with van der Waals surface area (Å²) in [5.74, 6) is 1.57. The summed E-state index contributed by atoms with van der Waals surface area (Å²) >= 11 is 0. The number of unbranched alkanes of at least 4 members (excludes halogenated alkanes) is 1. The van der Waals surface area contributed by atoms with Crippen molar-refractivity contribution in [1.29, 1.82) is 0 Å². The summed E-state index contributed by atoms with van der Waals surface area (Å²) < 4.78 is 0. The van der Waals surface area contributed by atoms with Crippen LogP contribution in [0.5, 0.6) is 0 Å². The molecule has 1 amide bonds. The highest BCUT2D eigenvalue weighted by atomic mass is 16.1. The van der Waals surface area contributed by atoms with Crippen LogP contribution in [0.1, 0.15) is 43.6 Å². The first-order valence-electron chi connectivity index (χ1n) is 7.65. The second-order valence-electron chi connectivity index (χ2n) is 6.14. The van der Waals surface area contributed by atoms with E-state index in [-0.39, 0.29) is 5.91 Å². The van der Waals surface area contributed by atoms with Crippen molar-refractivity contribution in [2.24, 2.45) is 11.8 Å². The van der Waals surface area contributed by atoms with E-state index in [0.29, 0.717) is 5.69 Å². The van der Waals surface area contributed by atoms with Crippen molar-refractivity contribution in [1.82, 2.24) is 20.4 Å². The van der Waals surface area contributed by atoms with Crippen molar-refractivity contribution >= 4 is 5.91 Å². The SMILES string of the molecule is C[C@@H]1C[C@H](C)CN(CCCCNC(=O)c2ccn[nH]2)C1. The van der Waals surface area contributed by atoms with Gasteiger partial charge in [-0.3, -0.25) is 9.89 Å². The summed E-state index contributed by atoms with van der Waals surface area (Å²) in [6.07, 6.45) is 5.12. The Balaban J connectivity index is 1.56. The van der Waals surface area contributed by atoms with Crippen molar-refractivity contribution in [3.63, 3.8) is 0 Å². The van der Waals surface area contributed by atoms with Gasteiger partial charge >= 0.3 is 0 Å². The van der Waals surface area contributed by atoms with Crippen LogP contribution in [0.25, 0.3) is 0 Å². The fourth-order valence-electron chi connectivity index (χ4n) is 3.11. The Morgan fingerprint density at radius 3 is 2.80 bits per heavy atom. The van der Waals surface area contributed by atoms with Gasteiger partial charge in [0.05, 0.1) is 0 Å². The molecule has 20 heavy (non-hydrogen) atoms. The lowest BCUT2D eigenvalue weighted by molar-refractivity contribution is 0.0946. The molecule has 0 aromatic carbocycles. The van der Waals surface area contributed by atoms with E-state index in [9.17, 15) is 4.79 Å². The maximum absolute atomic E-state index is 11.7. The molecule has 0 bridgehead atoms. The number of hydrogen-bond acceptors (Lipinski definition) is 3. The van der Waals surface area contributed by atoms with Crippen LogP contribution in [0.15, 0.2) is 12.3 Å². The van der Waals surface area contributed by atoms with Crippen LogP contribution in [-0.2, 0) is 0 Å². The van der Waals surface area contributed by atoms with Gasteiger partial charge in [0.2, 0.25) is 0 Å². The molecule has 2 heterocycles. The molecule has 1 aliphatic rings. The number of aromatic amines is 1. The first-order valence-corrected chi connectivity index (χ1v) is 7.65. The number of likely N-dealkylation sites (tertiary alicyclic amines) is 1. The molecule has 5 heteroatoms. The first kappa shape index (κ1) is 15.0. The summed E-state index contributed by atoms with van der Waals surface area (Å²) in [5.41, 5.74) is 0.531. The normalized spacial score (nSPS) is 23.7. The zero-order valence-electron chi connectivity index (χ0n) is 12.6. The lowest BCUT2D eigenvalue weighted by Crippen LogP contribution is -2.39. The smallest absolute Gasteiger partial charge is 0.269 e. The monoisotopic (exact) mass is 278 g/mol. The van der Waals surface area contributed by atoms with Crippen LogP contribution in [-0.4, -0.2) is 47.2 Å². The molecule has 0 unspecified atom stereocenters. The Bertz CT molecular complexity index is 394. The number of carbonyl (C=O) groups excluding carboxylic acids is 1. The first-order chi connectivity index (χ1) is 9.65.